The average molecular weight is 231 g/mol. The standard InChI is InChI=1S/C10H17NO5/c1-10(2,3)16-9(15)11-4-6(8(13)14)7(12)5-11/h6-7,12H,4-5H2,1-3H3,(H,13,14). The lowest BCUT2D eigenvalue weighted by Gasteiger charge is -2.24. The smallest absolute Gasteiger partial charge is 0.410 e. The molecule has 6 nitrogen and oxygen atoms in total. The molecule has 1 aliphatic rings. The monoisotopic (exact) mass is 231 g/mol. The van der Waals surface area contributed by atoms with Crippen LogP contribution in [0.4, 0.5) is 4.79 Å². The van der Waals surface area contributed by atoms with E-state index in [1.165, 1.54) is 4.90 Å². The van der Waals surface area contributed by atoms with Crippen molar-refractivity contribution in [3.05, 3.63) is 0 Å². The zero-order valence-electron chi connectivity index (χ0n) is 9.64. The van der Waals surface area contributed by atoms with E-state index >= 15 is 0 Å². The number of β-amino-alcohol motifs (C(OH)–C–C–N with tert-alkyl or cyclic N) is 1. The third-order valence-corrected chi connectivity index (χ3v) is 2.26. The second kappa shape index (κ2) is 4.29. The summed E-state index contributed by atoms with van der Waals surface area (Å²) >= 11 is 0. The van der Waals surface area contributed by atoms with Gasteiger partial charge in [-0.2, -0.15) is 0 Å². The van der Waals surface area contributed by atoms with Crippen molar-refractivity contribution in [2.75, 3.05) is 13.1 Å². The molecule has 1 heterocycles. The van der Waals surface area contributed by atoms with Gasteiger partial charge in [-0.25, -0.2) is 4.79 Å². The Hall–Kier alpha value is -1.30. The first-order chi connectivity index (χ1) is 7.20. The zero-order valence-corrected chi connectivity index (χ0v) is 9.64. The highest BCUT2D eigenvalue weighted by atomic mass is 16.6. The molecule has 0 radical (unpaired) electrons. The van der Waals surface area contributed by atoms with Gasteiger partial charge in [0.1, 0.15) is 11.5 Å². The molecule has 0 aromatic carbocycles. The molecule has 2 N–H and O–H groups in total. The number of carboxylic acid groups (broad SMARTS) is 1. The van der Waals surface area contributed by atoms with Crippen molar-refractivity contribution in [1.82, 2.24) is 4.90 Å². The van der Waals surface area contributed by atoms with Crippen LogP contribution in [0.25, 0.3) is 0 Å². The normalized spacial score (nSPS) is 25.6. The van der Waals surface area contributed by atoms with Crippen LogP contribution >= 0.6 is 0 Å². The minimum atomic E-state index is -1.10. The summed E-state index contributed by atoms with van der Waals surface area (Å²) in [6, 6.07) is 0. The van der Waals surface area contributed by atoms with Gasteiger partial charge in [-0.15, -0.1) is 0 Å². The van der Waals surface area contributed by atoms with Gasteiger partial charge >= 0.3 is 12.1 Å². The van der Waals surface area contributed by atoms with E-state index in [0.717, 1.165) is 0 Å². The number of aliphatic hydroxyl groups excluding tert-OH is 1. The first-order valence-corrected chi connectivity index (χ1v) is 5.09. The number of rotatable bonds is 1. The van der Waals surface area contributed by atoms with Crippen LogP contribution in [-0.4, -0.2) is 52.0 Å². The number of aliphatic carboxylic acids is 1. The lowest BCUT2D eigenvalue weighted by atomic mass is 10.1. The molecule has 6 heteroatoms. The predicted octanol–water partition coefficient (Wildman–Crippen LogP) is 0.299. The molecule has 1 aliphatic heterocycles. The molecule has 0 aromatic rings. The van der Waals surface area contributed by atoms with Crippen LogP contribution in [0.2, 0.25) is 0 Å². The summed E-state index contributed by atoms with van der Waals surface area (Å²) in [4.78, 5) is 23.5. The van der Waals surface area contributed by atoms with Gasteiger partial charge < -0.3 is 19.8 Å². The van der Waals surface area contributed by atoms with Gasteiger partial charge in [0.15, 0.2) is 0 Å². The number of hydrogen-bond acceptors (Lipinski definition) is 4. The zero-order chi connectivity index (χ0) is 12.5. The summed E-state index contributed by atoms with van der Waals surface area (Å²) < 4.78 is 5.08. The second-order valence-electron chi connectivity index (χ2n) is 4.90. The molecule has 0 bridgehead atoms. The molecular weight excluding hydrogens is 214 g/mol. The summed E-state index contributed by atoms with van der Waals surface area (Å²) in [6.07, 6.45) is -1.61. The van der Waals surface area contributed by atoms with Gasteiger partial charge in [0, 0.05) is 6.54 Å². The van der Waals surface area contributed by atoms with E-state index in [0.29, 0.717) is 0 Å². The average Bonchev–Trinajstić information content (AvgIpc) is 2.44. The highest BCUT2D eigenvalue weighted by molar-refractivity contribution is 5.75. The Kier molecular flexibility index (Phi) is 3.42. The number of carbonyl (C=O) groups excluding carboxylic acids is 1. The molecule has 0 spiro atoms. The van der Waals surface area contributed by atoms with Crippen molar-refractivity contribution in [2.45, 2.75) is 32.5 Å². The Morgan fingerprint density at radius 2 is 1.88 bits per heavy atom. The molecule has 92 valence electrons. The van der Waals surface area contributed by atoms with Crippen LogP contribution in [0, 0.1) is 5.92 Å². The van der Waals surface area contributed by atoms with E-state index in [1.807, 2.05) is 0 Å². The van der Waals surface area contributed by atoms with E-state index in [1.54, 1.807) is 20.8 Å². The summed E-state index contributed by atoms with van der Waals surface area (Å²) in [5.41, 5.74) is -0.622. The lowest BCUT2D eigenvalue weighted by molar-refractivity contribution is -0.143. The molecule has 1 fully saturated rings. The minimum absolute atomic E-state index is 0.00583. The van der Waals surface area contributed by atoms with Gasteiger partial charge in [0.25, 0.3) is 0 Å². The van der Waals surface area contributed by atoms with Crippen molar-refractivity contribution in [3.8, 4) is 0 Å². The maximum atomic E-state index is 11.6. The van der Waals surface area contributed by atoms with Crippen LogP contribution in [-0.2, 0) is 9.53 Å². The lowest BCUT2D eigenvalue weighted by Crippen LogP contribution is -2.36. The maximum Gasteiger partial charge on any atom is 0.410 e. The topological polar surface area (TPSA) is 87.1 Å². The fraction of sp³-hybridized carbons (Fsp3) is 0.800. The first kappa shape index (κ1) is 12.8. The van der Waals surface area contributed by atoms with Crippen LogP contribution < -0.4 is 0 Å². The summed E-state index contributed by atoms with van der Waals surface area (Å²) in [5, 5.41) is 18.2. The summed E-state index contributed by atoms with van der Waals surface area (Å²) in [7, 11) is 0. The van der Waals surface area contributed by atoms with E-state index in [-0.39, 0.29) is 13.1 Å². The predicted molar refractivity (Wildman–Crippen MR) is 54.9 cm³/mol. The molecule has 1 amide bonds. The first-order valence-electron chi connectivity index (χ1n) is 5.09. The number of hydrogen-bond donors (Lipinski definition) is 2. The quantitative estimate of drug-likeness (QED) is 0.677. The van der Waals surface area contributed by atoms with E-state index in [4.69, 9.17) is 9.84 Å². The van der Waals surface area contributed by atoms with Gasteiger partial charge in [-0.05, 0) is 20.8 Å². The van der Waals surface area contributed by atoms with Crippen molar-refractivity contribution in [2.24, 2.45) is 5.92 Å². The fourth-order valence-electron chi connectivity index (χ4n) is 1.50. The molecule has 2 unspecified atom stereocenters. The fourth-order valence-corrected chi connectivity index (χ4v) is 1.50. The maximum absolute atomic E-state index is 11.6. The number of nitrogens with zero attached hydrogens (tertiary/aromatic N) is 1. The molecular formula is C10H17NO5. The third-order valence-electron chi connectivity index (χ3n) is 2.26. The molecule has 1 rings (SSSR count). The molecule has 16 heavy (non-hydrogen) atoms. The van der Waals surface area contributed by atoms with E-state index < -0.39 is 29.7 Å². The Morgan fingerprint density at radius 3 is 2.25 bits per heavy atom. The van der Waals surface area contributed by atoms with Gasteiger partial charge in [-0.3, -0.25) is 4.79 Å². The molecule has 0 saturated carbocycles. The molecule has 0 aromatic heterocycles. The molecule has 1 saturated heterocycles. The number of aliphatic hydroxyl groups is 1. The number of likely N-dealkylation sites (tertiary alicyclic amines) is 1. The van der Waals surface area contributed by atoms with E-state index in [9.17, 15) is 14.7 Å². The Balaban J connectivity index is 2.58. The van der Waals surface area contributed by atoms with Crippen LogP contribution in [0.5, 0.6) is 0 Å². The van der Waals surface area contributed by atoms with Gasteiger partial charge in [0.05, 0.1) is 12.6 Å². The molecule has 2 atom stereocenters. The highest BCUT2D eigenvalue weighted by Crippen LogP contribution is 2.20. The largest absolute Gasteiger partial charge is 0.481 e. The van der Waals surface area contributed by atoms with Gasteiger partial charge in [-0.1, -0.05) is 0 Å². The minimum Gasteiger partial charge on any atom is -0.481 e. The number of amides is 1. The summed E-state index contributed by atoms with van der Waals surface area (Å²) in [6.45, 7) is 5.18. The molecule has 0 aliphatic carbocycles. The second-order valence-corrected chi connectivity index (χ2v) is 4.90. The Labute approximate surface area is 93.8 Å². The highest BCUT2D eigenvalue weighted by Gasteiger charge is 2.40. The van der Waals surface area contributed by atoms with Crippen LogP contribution in [0.1, 0.15) is 20.8 Å². The van der Waals surface area contributed by atoms with Gasteiger partial charge in [0.2, 0.25) is 0 Å². The SMILES string of the molecule is CC(C)(C)OC(=O)N1CC(O)C(C(=O)O)C1. The number of carbonyl (C=O) groups is 2. The van der Waals surface area contributed by atoms with Crippen LogP contribution in [0.15, 0.2) is 0 Å². The van der Waals surface area contributed by atoms with Crippen molar-refractivity contribution in [1.29, 1.82) is 0 Å². The Morgan fingerprint density at radius 1 is 1.31 bits per heavy atom. The third kappa shape index (κ3) is 3.10. The van der Waals surface area contributed by atoms with Crippen LogP contribution in [0.3, 0.4) is 0 Å². The van der Waals surface area contributed by atoms with E-state index in [2.05, 4.69) is 0 Å². The van der Waals surface area contributed by atoms with Crippen molar-refractivity contribution in [3.63, 3.8) is 0 Å². The number of ether oxygens (including phenoxy) is 1. The number of carboxylic acids is 1. The van der Waals surface area contributed by atoms with Crippen molar-refractivity contribution >= 4 is 12.1 Å². The Bertz CT molecular complexity index is 296. The summed E-state index contributed by atoms with van der Waals surface area (Å²) in [5.74, 6) is -2.02. The van der Waals surface area contributed by atoms with Crippen molar-refractivity contribution < 1.29 is 24.5 Å².